The Bertz CT molecular complexity index is 723. The summed E-state index contributed by atoms with van der Waals surface area (Å²) in [6.07, 6.45) is 4.99. The van der Waals surface area contributed by atoms with Gasteiger partial charge in [0.05, 0.1) is 11.5 Å². The van der Waals surface area contributed by atoms with Gasteiger partial charge in [0.15, 0.2) is 0 Å². The Morgan fingerprint density at radius 2 is 2.22 bits per heavy atom. The molecule has 1 aromatic carbocycles. The minimum atomic E-state index is -0.982. The number of ether oxygens (including phenoxy) is 1. The smallest absolute Gasteiger partial charge is 0.237 e. The maximum Gasteiger partial charge on any atom is 0.237 e. The third-order valence-electron chi connectivity index (χ3n) is 3.80. The van der Waals surface area contributed by atoms with E-state index >= 15 is 0 Å². The van der Waals surface area contributed by atoms with Crippen molar-refractivity contribution in [2.45, 2.75) is 12.8 Å². The zero-order chi connectivity index (χ0) is 16.4. The number of hydrogen-bond donors (Lipinski definition) is 3. The molecule has 3 rings (SSSR count). The molecule has 120 valence electrons. The summed E-state index contributed by atoms with van der Waals surface area (Å²) in [6.45, 7) is 0.530. The van der Waals surface area contributed by atoms with Gasteiger partial charge in [0, 0.05) is 18.7 Å². The molecule has 0 unspecified atom stereocenters. The molecule has 1 saturated carbocycles. The van der Waals surface area contributed by atoms with Crippen molar-refractivity contribution < 1.29 is 18.7 Å². The number of benzene rings is 1. The Kier molecular flexibility index (Phi) is 3.77. The molecule has 4 N–H and O–H groups in total. The van der Waals surface area contributed by atoms with Gasteiger partial charge in [-0.2, -0.15) is 0 Å². The third-order valence-corrected chi connectivity index (χ3v) is 3.80. The first-order chi connectivity index (χ1) is 11.0. The number of nitrogens with two attached hydrogens (primary N) is 1. The summed E-state index contributed by atoms with van der Waals surface area (Å²) in [5.74, 6) is 0.154. The summed E-state index contributed by atoms with van der Waals surface area (Å²) in [5, 5.41) is 5.34. The first-order valence-electron chi connectivity index (χ1n) is 7.19. The number of aldehydes is 1. The van der Waals surface area contributed by atoms with Crippen LogP contribution in [0.5, 0.6) is 5.75 Å². The van der Waals surface area contributed by atoms with Gasteiger partial charge in [-0.15, -0.1) is 0 Å². The topological polar surface area (TPSA) is 93.4 Å². The van der Waals surface area contributed by atoms with Crippen molar-refractivity contribution in [2.75, 3.05) is 11.9 Å². The lowest BCUT2D eigenvalue weighted by molar-refractivity contribution is -0.126. The van der Waals surface area contributed by atoms with Crippen molar-refractivity contribution in [1.29, 1.82) is 0 Å². The Labute approximate surface area is 132 Å². The molecule has 1 amide bonds. The van der Waals surface area contributed by atoms with Gasteiger partial charge in [-0.1, -0.05) is 0 Å². The number of rotatable bonds is 5. The van der Waals surface area contributed by atoms with E-state index < -0.39 is 17.1 Å². The molecule has 1 aliphatic heterocycles. The standard InChI is InChI=1S/C16H16FN3O3/c17-12-7-10(23-11-3-6-19-14(18)8-11)1-2-13(12)20-15(22)16(9-21)4-5-16/h1-3,7-9,19H,4-6,18H2,(H,20,22). The summed E-state index contributed by atoms with van der Waals surface area (Å²) in [5.41, 5.74) is 4.66. The van der Waals surface area contributed by atoms with Crippen molar-refractivity contribution in [3.63, 3.8) is 0 Å². The fraction of sp³-hybridized carbons (Fsp3) is 0.250. The zero-order valence-electron chi connectivity index (χ0n) is 12.3. The van der Waals surface area contributed by atoms with Gasteiger partial charge in [-0.25, -0.2) is 4.39 Å². The molecule has 0 atom stereocenters. The number of dihydropyridines is 1. The van der Waals surface area contributed by atoms with E-state index in [9.17, 15) is 14.0 Å². The van der Waals surface area contributed by atoms with Crippen LogP contribution < -0.4 is 21.1 Å². The van der Waals surface area contributed by atoms with Gasteiger partial charge in [0.2, 0.25) is 5.91 Å². The molecular weight excluding hydrogens is 301 g/mol. The van der Waals surface area contributed by atoms with Crippen LogP contribution in [0.3, 0.4) is 0 Å². The Morgan fingerprint density at radius 3 is 2.83 bits per heavy atom. The fourth-order valence-electron chi connectivity index (χ4n) is 2.18. The van der Waals surface area contributed by atoms with E-state index in [1.807, 2.05) is 0 Å². The highest BCUT2D eigenvalue weighted by Gasteiger charge is 2.50. The number of halogens is 1. The average molecular weight is 317 g/mol. The van der Waals surface area contributed by atoms with Crippen molar-refractivity contribution in [3.05, 3.63) is 47.7 Å². The highest BCUT2D eigenvalue weighted by Crippen LogP contribution is 2.44. The van der Waals surface area contributed by atoms with Crippen molar-refractivity contribution in [1.82, 2.24) is 5.32 Å². The summed E-state index contributed by atoms with van der Waals surface area (Å²) < 4.78 is 19.6. The largest absolute Gasteiger partial charge is 0.457 e. The molecule has 0 aromatic heterocycles. The van der Waals surface area contributed by atoms with Crippen LogP contribution in [-0.2, 0) is 9.59 Å². The summed E-state index contributed by atoms with van der Waals surface area (Å²) in [7, 11) is 0. The summed E-state index contributed by atoms with van der Waals surface area (Å²) >= 11 is 0. The second-order valence-corrected chi connectivity index (χ2v) is 5.56. The van der Waals surface area contributed by atoms with Crippen molar-refractivity contribution in [3.8, 4) is 5.75 Å². The molecule has 0 spiro atoms. The van der Waals surface area contributed by atoms with E-state index in [0.717, 1.165) is 0 Å². The molecule has 1 fully saturated rings. The van der Waals surface area contributed by atoms with Crippen molar-refractivity contribution in [2.24, 2.45) is 11.1 Å². The van der Waals surface area contributed by atoms with Gasteiger partial charge in [-0.3, -0.25) is 4.79 Å². The van der Waals surface area contributed by atoms with Crippen LogP contribution >= 0.6 is 0 Å². The van der Waals surface area contributed by atoms with Crippen LogP contribution in [0.1, 0.15) is 12.8 Å². The third kappa shape index (κ3) is 3.18. The molecule has 7 heteroatoms. The fourth-order valence-corrected chi connectivity index (χ4v) is 2.18. The number of carbonyl (C=O) groups is 2. The number of hydrogen-bond acceptors (Lipinski definition) is 5. The molecule has 2 aliphatic rings. The van der Waals surface area contributed by atoms with E-state index in [-0.39, 0.29) is 11.4 Å². The van der Waals surface area contributed by atoms with Gasteiger partial charge >= 0.3 is 0 Å². The van der Waals surface area contributed by atoms with Crippen molar-refractivity contribution >= 4 is 17.9 Å². The number of amides is 1. The first kappa shape index (κ1) is 15.1. The highest BCUT2D eigenvalue weighted by molar-refractivity contribution is 6.07. The Hall–Kier alpha value is -2.83. The van der Waals surface area contributed by atoms with Crippen LogP contribution in [0.4, 0.5) is 10.1 Å². The lowest BCUT2D eigenvalue weighted by Gasteiger charge is -2.15. The van der Waals surface area contributed by atoms with Crippen LogP contribution in [-0.4, -0.2) is 18.7 Å². The number of allylic oxidation sites excluding steroid dienone is 1. The predicted molar refractivity (Wildman–Crippen MR) is 81.7 cm³/mol. The van der Waals surface area contributed by atoms with E-state index in [0.29, 0.717) is 37.3 Å². The zero-order valence-corrected chi connectivity index (χ0v) is 12.3. The van der Waals surface area contributed by atoms with Gasteiger partial charge in [0.1, 0.15) is 29.0 Å². The Balaban J connectivity index is 1.70. The van der Waals surface area contributed by atoms with E-state index in [1.165, 1.54) is 18.2 Å². The van der Waals surface area contributed by atoms with Crippen LogP contribution in [0, 0.1) is 11.2 Å². The second kappa shape index (κ2) is 5.75. The molecule has 6 nitrogen and oxygen atoms in total. The quantitative estimate of drug-likeness (QED) is 0.564. The van der Waals surface area contributed by atoms with E-state index in [2.05, 4.69) is 10.6 Å². The van der Waals surface area contributed by atoms with Crippen LogP contribution in [0.15, 0.2) is 41.9 Å². The number of carbonyl (C=O) groups excluding carboxylic acids is 2. The number of nitrogens with one attached hydrogen (secondary N) is 2. The maximum absolute atomic E-state index is 14.1. The monoisotopic (exact) mass is 317 g/mol. The van der Waals surface area contributed by atoms with Gasteiger partial charge < -0.3 is 25.9 Å². The van der Waals surface area contributed by atoms with Gasteiger partial charge in [-0.05, 0) is 31.1 Å². The SMILES string of the molecule is NC1=CC(Oc2ccc(NC(=O)C3(C=O)CC3)c(F)c2)=CCN1. The molecule has 1 heterocycles. The minimum absolute atomic E-state index is 0.0184. The lowest BCUT2D eigenvalue weighted by Crippen LogP contribution is -2.25. The molecule has 0 saturated heterocycles. The lowest BCUT2D eigenvalue weighted by atomic mass is 10.1. The first-order valence-corrected chi connectivity index (χ1v) is 7.19. The molecule has 0 bridgehead atoms. The maximum atomic E-state index is 14.1. The second-order valence-electron chi connectivity index (χ2n) is 5.56. The number of anilines is 1. The molecule has 1 aliphatic carbocycles. The molecule has 23 heavy (non-hydrogen) atoms. The van der Waals surface area contributed by atoms with Gasteiger partial charge in [0.25, 0.3) is 0 Å². The van der Waals surface area contributed by atoms with Crippen LogP contribution in [0.2, 0.25) is 0 Å². The van der Waals surface area contributed by atoms with E-state index in [4.69, 9.17) is 10.5 Å². The van der Waals surface area contributed by atoms with E-state index in [1.54, 1.807) is 12.2 Å². The highest BCUT2D eigenvalue weighted by atomic mass is 19.1. The normalized spacial score (nSPS) is 18.1. The molecule has 1 aromatic rings. The minimum Gasteiger partial charge on any atom is -0.457 e. The molecular formula is C16H16FN3O3. The Morgan fingerprint density at radius 1 is 1.43 bits per heavy atom. The summed E-state index contributed by atoms with van der Waals surface area (Å²) in [4.78, 5) is 22.8. The van der Waals surface area contributed by atoms with Crippen LogP contribution in [0.25, 0.3) is 0 Å². The summed E-state index contributed by atoms with van der Waals surface area (Å²) in [6, 6.07) is 4.10. The predicted octanol–water partition coefficient (Wildman–Crippen LogP) is 1.41. The average Bonchev–Trinajstić information content (AvgIpc) is 3.31. The molecule has 0 radical (unpaired) electrons.